The molecule has 1 aromatic heterocycles. The fraction of sp³-hybridized carbons (Fsp3) is 0.556. The second-order valence-electron chi connectivity index (χ2n) is 10.1. The lowest BCUT2D eigenvalue weighted by Crippen LogP contribution is -2.68. The maximum Gasteiger partial charge on any atom is 0.333 e. The molecule has 1 spiro atoms. The van der Waals surface area contributed by atoms with E-state index in [2.05, 4.69) is 11.6 Å². The van der Waals surface area contributed by atoms with Gasteiger partial charge in [-0.25, -0.2) is 4.79 Å². The number of carboxylic acid groups (broad SMARTS) is 1. The van der Waals surface area contributed by atoms with Crippen LogP contribution in [0.4, 0.5) is 0 Å². The Bertz CT molecular complexity index is 1210. The third kappa shape index (κ3) is 4.92. The molecule has 1 fully saturated rings. The summed E-state index contributed by atoms with van der Waals surface area (Å²) >= 11 is 0. The van der Waals surface area contributed by atoms with E-state index >= 15 is 0 Å². The van der Waals surface area contributed by atoms with Crippen LogP contribution in [0.15, 0.2) is 30.4 Å². The van der Waals surface area contributed by atoms with Crippen LogP contribution >= 0.6 is 0 Å². The molecule has 208 valence electrons. The number of hydrogen-bond donors (Lipinski definition) is 4. The van der Waals surface area contributed by atoms with Gasteiger partial charge in [0.15, 0.2) is 11.9 Å². The first kappa shape index (κ1) is 28.1. The van der Waals surface area contributed by atoms with Gasteiger partial charge < -0.3 is 44.4 Å². The van der Waals surface area contributed by atoms with Crippen LogP contribution in [0.1, 0.15) is 38.3 Å². The van der Waals surface area contributed by atoms with Gasteiger partial charge in [-0.05, 0) is 23.6 Å². The smallest absolute Gasteiger partial charge is 0.333 e. The molecule has 3 aliphatic rings. The highest BCUT2D eigenvalue weighted by Gasteiger charge is 2.57. The van der Waals surface area contributed by atoms with E-state index in [4.69, 9.17) is 18.9 Å². The lowest BCUT2D eigenvalue weighted by atomic mass is 9.74. The number of carbonyl (C=O) groups excluding carboxylic acids is 1. The van der Waals surface area contributed by atoms with Crippen LogP contribution in [-0.4, -0.2) is 82.4 Å². The van der Waals surface area contributed by atoms with Gasteiger partial charge in [0.2, 0.25) is 0 Å². The standard InChI is InChI=1S/C27H34NO10/c1-5-15-17(9-22(30)31)16(25(34)35-4)6-7-20(15)37-26-23(32)24(33)27(21(11-29)38-26)10-14-8-18(13(2)3)28-19(14)12-36-27/h5-6,8,10,12-13,15,17,20-21,23-24,26,29,32-33H,1,7,9,11H2,2-4H3,(H,30,31)/q-1. The summed E-state index contributed by atoms with van der Waals surface area (Å²) in [6.45, 7) is 7.23. The number of carbonyl (C=O) groups is 2. The number of carboxylic acids is 1. The van der Waals surface area contributed by atoms with Crippen molar-refractivity contribution in [3.8, 4) is 0 Å². The summed E-state index contributed by atoms with van der Waals surface area (Å²) in [5, 5.41) is 43.2. The van der Waals surface area contributed by atoms with Crippen molar-refractivity contribution < 1.29 is 49.0 Å². The molecule has 2 aliphatic heterocycles. The van der Waals surface area contributed by atoms with Crippen LogP contribution in [0.3, 0.4) is 0 Å². The van der Waals surface area contributed by atoms with Gasteiger partial charge in [-0.3, -0.25) is 4.79 Å². The number of methoxy groups -OCH3 is 1. The van der Waals surface area contributed by atoms with Crippen LogP contribution in [0.2, 0.25) is 0 Å². The first-order valence-electron chi connectivity index (χ1n) is 12.5. The summed E-state index contributed by atoms with van der Waals surface area (Å²) < 4.78 is 22.7. The van der Waals surface area contributed by atoms with Crippen LogP contribution in [0, 0.1) is 11.8 Å². The lowest BCUT2D eigenvalue weighted by Gasteiger charge is -2.50. The van der Waals surface area contributed by atoms with E-state index in [1.807, 2.05) is 19.9 Å². The number of fused-ring (bicyclic) bond motifs is 1. The van der Waals surface area contributed by atoms with Crippen LogP contribution in [-0.2, 0) is 28.5 Å². The van der Waals surface area contributed by atoms with E-state index in [1.54, 1.807) is 12.2 Å². The van der Waals surface area contributed by atoms with Crippen molar-refractivity contribution in [1.29, 1.82) is 0 Å². The molecular formula is C27H34NO10-. The maximum atomic E-state index is 12.3. The summed E-state index contributed by atoms with van der Waals surface area (Å²) in [5.74, 6) is -3.02. The second-order valence-corrected chi connectivity index (χ2v) is 10.1. The molecule has 11 heteroatoms. The molecule has 1 aliphatic carbocycles. The summed E-state index contributed by atoms with van der Waals surface area (Å²) in [4.78, 5) is 28.3. The molecule has 0 radical (unpaired) electrons. The van der Waals surface area contributed by atoms with Crippen molar-refractivity contribution in [2.75, 3.05) is 13.7 Å². The predicted octanol–water partition coefficient (Wildman–Crippen LogP) is -0.725. The number of ether oxygens (including phenoxy) is 4. The number of rotatable bonds is 8. The average Bonchev–Trinajstić information content (AvgIpc) is 3.32. The van der Waals surface area contributed by atoms with E-state index in [1.165, 1.54) is 19.4 Å². The fourth-order valence-electron chi connectivity index (χ4n) is 5.43. The third-order valence-corrected chi connectivity index (χ3v) is 7.49. The Morgan fingerprint density at radius 3 is 2.68 bits per heavy atom. The molecule has 1 aromatic rings. The SMILES string of the molecule is C=CC1C(OC2OC(CO)C3(C=c4cc(C(C)C)[n-]c4=CO3)C(O)C2O)CC=C(C(=O)OC)C1CC(=O)O. The van der Waals surface area contributed by atoms with Gasteiger partial charge in [0.1, 0.15) is 18.3 Å². The molecule has 8 atom stereocenters. The minimum atomic E-state index is -1.60. The van der Waals surface area contributed by atoms with Gasteiger partial charge in [-0.2, -0.15) is 5.69 Å². The van der Waals surface area contributed by atoms with E-state index in [9.17, 15) is 30.0 Å². The lowest BCUT2D eigenvalue weighted by molar-refractivity contribution is -0.326. The minimum absolute atomic E-state index is 0.162. The van der Waals surface area contributed by atoms with E-state index in [0.29, 0.717) is 10.6 Å². The zero-order valence-electron chi connectivity index (χ0n) is 21.5. The van der Waals surface area contributed by atoms with Gasteiger partial charge in [0.05, 0.1) is 32.5 Å². The van der Waals surface area contributed by atoms with E-state index < -0.39 is 66.7 Å². The van der Waals surface area contributed by atoms with Gasteiger partial charge in [0, 0.05) is 17.4 Å². The van der Waals surface area contributed by atoms with Gasteiger partial charge >= 0.3 is 11.9 Å². The minimum Gasteiger partial charge on any atom is -0.658 e. The molecule has 4 rings (SSSR count). The Hall–Kier alpha value is -2.96. The van der Waals surface area contributed by atoms with Crippen molar-refractivity contribution in [3.63, 3.8) is 0 Å². The molecule has 1 saturated heterocycles. The first-order valence-corrected chi connectivity index (χ1v) is 12.5. The Morgan fingerprint density at radius 1 is 1.34 bits per heavy atom. The van der Waals surface area contributed by atoms with Crippen LogP contribution in [0.5, 0.6) is 0 Å². The molecule has 0 bridgehead atoms. The number of aliphatic hydroxyl groups excluding tert-OH is 3. The highest BCUT2D eigenvalue weighted by molar-refractivity contribution is 5.90. The molecule has 4 N–H and O–H groups in total. The molecule has 11 nitrogen and oxygen atoms in total. The summed E-state index contributed by atoms with van der Waals surface area (Å²) in [7, 11) is 1.21. The number of aliphatic hydroxyl groups is 3. The Morgan fingerprint density at radius 2 is 2.08 bits per heavy atom. The molecule has 3 heterocycles. The molecule has 0 amide bonds. The normalized spacial score (nSPS) is 34.4. The Balaban J connectivity index is 1.61. The van der Waals surface area contributed by atoms with E-state index in [-0.39, 0.29) is 24.3 Å². The monoisotopic (exact) mass is 532 g/mol. The van der Waals surface area contributed by atoms with Crippen LogP contribution < -0.4 is 15.6 Å². The summed E-state index contributed by atoms with van der Waals surface area (Å²) in [6.07, 6.45) is -0.563. The topological polar surface area (TPSA) is 166 Å². The highest BCUT2D eigenvalue weighted by atomic mass is 16.7. The first-order chi connectivity index (χ1) is 18.1. The second kappa shape index (κ2) is 11.0. The summed E-state index contributed by atoms with van der Waals surface area (Å²) in [5.41, 5.74) is -0.559. The third-order valence-electron chi connectivity index (χ3n) is 7.49. The molecule has 0 saturated carbocycles. The van der Waals surface area contributed by atoms with Crippen molar-refractivity contribution in [3.05, 3.63) is 46.6 Å². The number of nitrogens with zero attached hydrogens (tertiary/aromatic N) is 1. The fourth-order valence-corrected chi connectivity index (χ4v) is 5.43. The largest absolute Gasteiger partial charge is 0.658 e. The highest BCUT2D eigenvalue weighted by Crippen LogP contribution is 2.40. The molecular weight excluding hydrogens is 498 g/mol. The number of aromatic nitrogens is 1. The van der Waals surface area contributed by atoms with Crippen molar-refractivity contribution in [1.82, 2.24) is 4.98 Å². The molecule has 38 heavy (non-hydrogen) atoms. The van der Waals surface area contributed by atoms with Gasteiger partial charge in [-0.15, -0.1) is 6.58 Å². The molecule has 0 aromatic carbocycles. The zero-order chi connectivity index (χ0) is 27.8. The Labute approximate surface area is 219 Å². The van der Waals surface area contributed by atoms with E-state index in [0.717, 1.165) is 5.69 Å². The van der Waals surface area contributed by atoms with Crippen LogP contribution in [0.25, 0.3) is 12.3 Å². The zero-order valence-corrected chi connectivity index (χ0v) is 21.5. The quantitative estimate of drug-likeness (QED) is 0.246. The number of esters is 1. The summed E-state index contributed by atoms with van der Waals surface area (Å²) in [6, 6.07) is 1.86. The average molecular weight is 533 g/mol. The maximum absolute atomic E-state index is 12.3. The van der Waals surface area contributed by atoms with Gasteiger partial charge in [-0.1, -0.05) is 37.4 Å². The van der Waals surface area contributed by atoms with Crippen molar-refractivity contribution in [2.24, 2.45) is 11.8 Å². The number of hydrogen-bond acceptors (Lipinski definition) is 9. The molecule has 8 unspecified atom stereocenters. The van der Waals surface area contributed by atoms with Crippen molar-refractivity contribution in [2.45, 2.75) is 68.9 Å². The van der Waals surface area contributed by atoms with Gasteiger partial charge in [0.25, 0.3) is 0 Å². The predicted molar refractivity (Wildman–Crippen MR) is 133 cm³/mol. The number of aliphatic carboxylic acids is 1. The van der Waals surface area contributed by atoms with Crippen molar-refractivity contribution >= 4 is 24.3 Å². The Kier molecular flexibility index (Phi) is 8.15.